The van der Waals surface area contributed by atoms with Crippen molar-refractivity contribution in [2.75, 3.05) is 10.7 Å². The van der Waals surface area contributed by atoms with Crippen molar-refractivity contribution in [3.05, 3.63) is 29.8 Å². The highest BCUT2D eigenvalue weighted by Crippen LogP contribution is 2.44. The van der Waals surface area contributed by atoms with Crippen molar-refractivity contribution < 1.29 is 9.59 Å². The molecule has 0 aromatic heterocycles. The zero-order chi connectivity index (χ0) is 13.8. The van der Waals surface area contributed by atoms with Gasteiger partial charge in [-0.2, -0.15) is 0 Å². The molecule has 0 bridgehead atoms. The Morgan fingerprint density at radius 3 is 2.68 bits per heavy atom. The molecule has 1 aromatic carbocycles. The fourth-order valence-corrected chi connectivity index (χ4v) is 3.91. The number of carbonyl (C=O) groups excluding carboxylic acids is 2. The maximum Gasteiger partial charge on any atom is 0.333 e. The second-order valence-corrected chi connectivity index (χ2v) is 7.06. The van der Waals surface area contributed by atoms with Crippen LogP contribution in [0.5, 0.6) is 0 Å². The van der Waals surface area contributed by atoms with Gasteiger partial charge in [0.05, 0.1) is 10.6 Å². The van der Waals surface area contributed by atoms with Crippen molar-refractivity contribution in [2.45, 2.75) is 31.7 Å². The Bertz CT molecular complexity index is 570. The van der Waals surface area contributed by atoms with E-state index in [0.29, 0.717) is 11.4 Å². The van der Waals surface area contributed by atoms with Gasteiger partial charge < -0.3 is 0 Å². The minimum atomic E-state index is -0.312. The highest BCUT2D eigenvalue weighted by molar-refractivity contribution is 8.00. The van der Waals surface area contributed by atoms with Crippen molar-refractivity contribution >= 4 is 29.4 Å². The van der Waals surface area contributed by atoms with Gasteiger partial charge in [-0.15, -0.1) is 11.8 Å². The van der Waals surface area contributed by atoms with E-state index in [2.05, 4.69) is 0 Å². The van der Waals surface area contributed by atoms with Crippen LogP contribution in [0.2, 0.25) is 0 Å². The first-order chi connectivity index (χ1) is 8.92. The number of carbonyl (C=O) groups is 2. The molecular weight excluding hydrogens is 260 g/mol. The maximum atomic E-state index is 12.5. The smallest absolute Gasteiger partial charge is 0.297 e. The van der Waals surface area contributed by atoms with Crippen molar-refractivity contribution in [1.82, 2.24) is 4.90 Å². The number of benzene rings is 1. The molecule has 0 aliphatic carbocycles. The number of hydrogen-bond acceptors (Lipinski definition) is 3. The van der Waals surface area contributed by atoms with Gasteiger partial charge in [-0.25, -0.2) is 9.69 Å². The normalized spacial score (nSPS) is 25.1. The van der Waals surface area contributed by atoms with Crippen LogP contribution in [0.25, 0.3) is 0 Å². The average Bonchev–Trinajstić information content (AvgIpc) is 2.77. The van der Waals surface area contributed by atoms with Crippen LogP contribution in [-0.2, 0) is 4.79 Å². The number of anilines is 1. The molecule has 2 aliphatic heterocycles. The summed E-state index contributed by atoms with van der Waals surface area (Å²) in [6, 6.07) is 7.00. The standard InChI is InChI=1S/C14H16N2O2S/c1-9-5-4-6-10(7-9)15-12(17)11-8-19-14(2,3)16(11)13(15)18/h4-7,11H,8H2,1-3H3. The van der Waals surface area contributed by atoms with Gasteiger partial charge in [-0.3, -0.25) is 9.69 Å². The second kappa shape index (κ2) is 4.00. The second-order valence-electron chi connectivity index (χ2n) is 5.44. The quantitative estimate of drug-likeness (QED) is 0.740. The minimum Gasteiger partial charge on any atom is -0.297 e. The summed E-state index contributed by atoms with van der Waals surface area (Å²) in [6.07, 6.45) is 0. The molecule has 2 aliphatic rings. The third-order valence-corrected chi connectivity index (χ3v) is 5.03. The fourth-order valence-electron chi connectivity index (χ4n) is 2.70. The topological polar surface area (TPSA) is 40.6 Å². The Morgan fingerprint density at radius 1 is 1.32 bits per heavy atom. The molecule has 0 radical (unpaired) electrons. The van der Waals surface area contributed by atoms with Gasteiger partial charge in [-0.05, 0) is 38.5 Å². The first kappa shape index (κ1) is 12.5. The average molecular weight is 276 g/mol. The van der Waals surface area contributed by atoms with Crippen LogP contribution in [0.15, 0.2) is 24.3 Å². The van der Waals surface area contributed by atoms with E-state index in [1.807, 2.05) is 45.0 Å². The van der Waals surface area contributed by atoms with Crippen molar-refractivity contribution in [2.24, 2.45) is 0 Å². The first-order valence-electron chi connectivity index (χ1n) is 6.30. The van der Waals surface area contributed by atoms with Gasteiger partial charge >= 0.3 is 6.03 Å². The lowest BCUT2D eigenvalue weighted by molar-refractivity contribution is -0.119. The Labute approximate surface area is 116 Å². The highest BCUT2D eigenvalue weighted by atomic mass is 32.2. The minimum absolute atomic E-state index is 0.103. The lowest BCUT2D eigenvalue weighted by Crippen LogP contribution is -2.43. The van der Waals surface area contributed by atoms with Crippen LogP contribution >= 0.6 is 11.8 Å². The van der Waals surface area contributed by atoms with Crippen molar-refractivity contribution in [3.8, 4) is 0 Å². The molecule has 1 atom stereocenters. The summed E-state index contributed by atoms with van der Waals surface area (Å²) in [4.78, 5) is 27.7. The molecule has 100 valence electrons. The summed E-state index contributed by atoms with van der Waals surface area (Å²) in [5, 5.41) is 0. The Kier molecular flexibility index (Phi) is 2.64. The summed E-state index contributed by atoms with van der Waals surface area (Å²) < 4.78 is 0. The predicted octanol–water partition coefficient (Wildman–Crippen LogP) is 2.62. The van der Waals surface area contributed by atoms with Gasteiger partial charge in [0, 0.05) is 5.75 Å². The SMILES string of the molecule is Cc1cccc(N2C(=O)C3CSC(C)(C)N3C2=O)c1. The predicted molar refractivity (Wildman–Crippen MR) is 76.2 cm³/mol. The molecule has 2 heterocycles. The van der Waals surface area contributed by atoms with E-state index in [0.717, 1.165) is 5.56 Å². The number of amides is 3. The van der Waals surface area contributed by atoms with Gasteiger partial charge in [-0.1, -0.05) is 12.1 Å². The summed E-state index contributed by atoms with van der Waals surface area (Å²) in [5.41, 5.74) is 1.71. The van der Waals surface area contributed by atoms with E-state index in [-0.39, 0.29) is 22.9 Å². The largest absolute Gasteiger partial charge is 0.333 e. The number of aryl methyl sites for hydroxylation is 1. The van der Waals surface area contributed by atoms with Crippen LogP contribution in [0.1, 0.15) is 19.4 Å². The molecule has 1 aromatic rings. The molecule has 2 fully saturated rings. The van der Waals surface area contributed by atoms with Crippen LogP contribution in [0, 0.1) is 6.92 Å². The van der Waals surface area contributed by atoms with Crippen molar-refractivity contribution in [1.29, 1.82) is 0 Å². The van der Waals surface area contributed by atoms with E-state index < -0.39 is 0 Å². The lowest BCUT2D eigenvalue weighted by Gasteiger charge is -2.29. The first-order valence-corrected chi connectivity index (χ1v) is 7.28. The zero-order valence-corrected chi connectivity index (χ0v) is 12.0. The molecule has 3 amide bonds. The summed E-state index contributed by atoms with van der Waals surface area (Å²) in [7, 11) is 0. The van der Waals surface area contributed by atoms with Gasteiger partial charge in [0.15, 0.2) is 0 Å². The Hall–Kier alpha value is -1.49. The molecule has 1 unspecified atom stereocenters. The molecule has 0 spiro atoms. The highest BCUT2D eigenvalue weighted by Gasteiger charge is 2.55. The molecular formula is C14H16N2O2S. The number of thioether (sulfide) groups is 1. The summed E-state index contributed by atoms with van der Waals surface area (Å²) in [6.45, 7) is 5.93. The lowest BCUT2D eigenvalue weighted by atomic mass is 10.2. The van der Waals surface area contributed by atoms with Gasteiger partial charge in [0.25, 0.3) is 5.91 Å². The molecule has 3 rings (SSSR count). The number of urea groups is 1. The maximum absolute atomic E-state index is 12.5. The molecule has 0 N–H and O–H groups in total. The monoisotopic (exact) mass is 276 g/mol. The van der Waals surface area contributed by atoms with E-state index >= 15 is 0 Å². The molecule has 19 heavy (non-hydrogen) atoms. The van der Waals surface area contributed by atoms with E-state index in [4.69, 9.17) is 0 Å². The number of hydrogen-bond donors (Lipinski definition) is 0. The van der Waals surface area contributed by atoms with Crippen LogP contribution in [0.3, 0.4) is 0 Å². The third-order valence-electron chi connectivity index (χ3n) is 3.65. The van der Waals surface area contributed by atoms with E-state index in [9.17, 15) is 9.59 Å². The van der Waals surface area contributed by atoms with E-state index in [1.54, 1.807) is 16.7 Å². The Morgan fingerprint density at radius 2 is 2.05 bits per heavy atom. The number of nitrogens with zero attached hydrogens (tertiary/aromatic N) is 2. The van der Waals surface area contributed by atoms with Crippen LogP contribution < -0.4 is 4.90 Å². The zero-order valence-electron chi connectivity index (χ0n) is 11.2. The van der Waals surface area contributed by atoms with Crippen LogP contribution in [-0.4, -0.2) is 33.5 Å². The summed E-state index contributed by atoms with van der Waals surface area (Å²) >= 11 is 1.66. The molecule has 2 saturated heterocycles. The summed E-state index contributed by atoms with van der Waals surface area (Å²) in [5.74, 6) is 0.577. The number of rotatable bonds is 1. The fraction of sp³-hybridized carbons (Fsp3) is 0.429. The van der Waals surface area contributed by atoms with E-state index in [1.165, 1.54) is 4.90 Å². The van der Waals surface area contributed by atoms with Gasteiger partial charge in [0.2, 0.25) is 0 Å². The molecule has 4 nitrogen and oxygen atoms in total. The molecule has 0 saturated carbocycles. The van der Waals surface area contributed by atoms with Gasteiger partial charge in [0.1, 0.15) is 6.04 Å². The van der Waals surface area contributed by atoms with Crippen LogP contribution in [0.4, 0.5) is 10.5 Å². The third kappa shape index (κ3) is 1.75. The number of fused-ring (bicyclic) bond motifs is 1. The molecule has 5 heteroatoms. The van der Waals surface area contributed by atoms with Crippen molar-refractivity contribution in [3.63, 3.8) is 0 Å². The number of imide groups is 1. The Balaban J connectivity index is 2.02.